The molecule has 3 fully saturated rings. The van der Waals surface area contributed by atoms with Crippen LogP contribution >= 0.6 is 0 Å². The van der Waals surface area contributed by atoms with Crippen molar-refractivity contribution in [3.05, 3.63) is 0 Å². The number of hydrogen-bond acceptors (Lipinski definition) is 3. The van der Waals surface area contributed by atoms with Gasteiger partial charge in [0.2, 0.25) is 0 Å². The fourth-order valence-corrected chi connectivity index (χ4v) is 4.85. The molecule has 3 N–H and O–H groups in total. The second-order valence-corrected chi connectivity index (χ2v) is 7.59. The van der Waals surface area contributed by atoms with Crippen molar-refractivity contribution in [2.45, 2.75) is 101 Å². The zero-order valence-corrected chi connectivity index (χ0v) is 13.5. The number of nitrogens with one attached hydrogen (secondary N) is 2. The predicted octanol–water partition coefficient (Wildman–Crippen LogP) is 2.97. The SMILES string of the molecule is OC1CCCCCC1NC1CCCCC1C1CCCCN1. The third kappa shape index (κ3) is 4.20. The Morgan fingerprint density at radius 3 is 2.29 bits per heavy atom. The molecule has 3 heteroatoms. The van der Waals surface area contributed by atoms with Crippen molar-refractivity contribution in [1.29, 1.82) is 0 Å². The summed E-state index contributed by atoms with van der Waals surface area (Å²) < 4.78 is 0. The van der Waals surface area contributed by atoms with Crippen molar-refractivity contribution in [2.24, 2.45) is 5.92 Å². The Balaban J connectivity index is 1.60. The Bertz CT molecular complexity index is 304. The van der Waals surface area contributed by atoms with E-state index < -0.39 is 0 Å². The minimum atomic E-state index is -0.116. The van der Waals surface area contributed by atoms with E-state index in [-0.39, 0.29) is 6.10 Å². The van der Waals surface area contributed by atoms with Gasteiger partial charge in [-0.1, -0.05) is 38.5 Å². The molecule has 5 atom stereocenters. The second kappa shape index (κ2) is 7.94. The molecule has 0 bridgehead atoms. The molecule has 1 heterocycles. The van der Waals surface area contributed by atoms with Crippen molar-refractivity contribution in [3.63, 3.8) is 0 Å². The molecule has 3 aliphatic rings. The molecule has 1 aliphatic heterocycles. The van der Waals surface area contributed by atoms with Gasteiger partial charge in [0.05, 0.1) is 6.10 Å². The van der Waals surface area contributed by atoms with Crippen LogP contribution in [-0.2, 0) is 0 Å². The molecule has 0 aromatic rings. The number of aliphatic hydroxyl groups is 1. The number of rotatable bonds is 3. The smallest absolute Gasteiger partial charge is 0.0693 e. The van der Waals surface area contributed by atoms with Gasteiger partial charge in [0.25, 0.3) is 0 Å². The molecule has 5 unspecified atom stereocenters. The highest BCUT2D eigenvalue weighted by molar-refractivity contribution is 4.93. The molecule has 2 aliphatic carbocycles. The maximum absolute atomic E-state index is 10.4. The lowest BCUT2D eigenvalue weighted by molar-refractivity contribution is 0.0916. The summed E-state index contributed by atoms with van der Waals surface area (Å²) in [5.41, 5.74) is 0. The molecule has 0 aromatic heterocycles. The molecule has 3 rings (SSSR count). The maximum atomic E-state index is 10.4. The topological polar surface area (TPSA) is 44.3 Å². The summed E-state index contributed by atoms with van der Waals surface area (Å²) in [7, 11) is 0. The lowest BCUT2D eigenvalue weighted by Gasteiger charge is -2.42. The summed E-state index contributed by atoms with van der Waals surface area (Å²) in [6.45, 7) is 1.21. The molecule has 1 saturated heterocycles. The first kappa shape index (κ1) is 15.8. The Morgan fingerprint density at radius 2 is 1.43 bits per heavy atom. The third-order valence-electron chi connectivity index (χ3n) is 6.09. The fourth-order valence-electron chi connectivity index (χ4n) is 4.85. The van der Waals surface area contributed by atoms with Crippen molar-refractivity contribution in [3.8, 4) is 0 Å². The van der Waals surface area contributed by atoms with Gasteiger partial charge < -0.3 is 15.7 Å². The van der Waals surface area contributed by atoms with Gasteiger partial charge in [-0.15, -0.1) is 0 Å². The van der Waals surface area contributed by atoms with Gasteiger partial charge in [-0.2, -0.15) is 0 Å². The molecule has 21 heavy (non-hydrogen) atoms. The van der Waals surface area contributed by atoms with Crippen molar-refractivity contribution in [2.75, 3.05) is 6.54 Å². The maximum Gasteiger partial charge on any atom is 0.0693 e. The molecule has 0 radical (unpaired) electrons. The van der Waals surface area contributed by atoms with Gasteiger partial charge in [-0.05, 0) is 51.0 Å². The van der Waals surface area contributed by atoms with Crippen molar-refractivity contribution < 1.29 is 5.11 Å². The standard InChI is InChI=1S/C18H34N2O/c21-18-12-3-1-2-11-17(18)20-16-10-5-4-8-14(16)15-9-6-7-13-19-15/h14-21H,1-13H2. The van der Waals surface area contributed by atoms with Crippen LogP contribution in [0.5, 0.6) is 0 Å². The van der Waals surface area contributed by atoms with Gasteiger partial charge in [-0.25, -0.2) is 0 Å². The minimum absolute atomic E-state index is 0.116. The van der Waals surface area contributed by atoms with Gasteiger partial charge in [0.1, 0.15) is 0 Å². The Morgan fingerprint density at radius 1 is 0.714 bits per heavy atom. The van der Waals surface area contributed by atoms with E-state index in [1.165, 1.54) is 77.2 Å². The van der Waals surface area contributed by atoms with Gasteiger partial charge >= 0.3 is 0 Å². The Labute approximate surface area is 130 Å². The third-order valence-corrected chi connectivity index (χ3v) is 6.09. The van der Waals surface area contributed by atoms with Crippen LogP contribution in [-0.4, -0.2) is 35.9 Å². The molecule has 2 saturated carbocycles. The van der Waals surface area contributed by atoms with Gasteiger partial charge in [0, 0.05) is 18.1 Å². The average molecular weight is 294 g/mol. The van der Waals surface area contributed by atoms with Crippen LogP contribution in [0.25, 0.3) is 0 Å². The highest BCUT2D eigenvalue weighted by Crippen LogP contribution is 2.31. The van der Waals surface area contributed by atoms with E-state index in [1.807, 2.05) is 0 Å². The zero-order chi connectivity index (χ0) is 14.5. The van der Waals surface area contributed by atoms with Crippen LogP contribution in [0.15, 0.2) is 0 Å². The zero-order valence-electron chi connectivity index (χ0n) is 13.5. The lowest BCUT2D eigenvalue weighted by Crippen LogP contribution is -2.54. The molecule has 0 amide bonds. The second-order valence-electron chi connectivity index (χ2n) is 7.59. The summed E-state index contributed by atoms with van der Waals surface area (Å²) >= 11 is 0. The summed E-state index contributed by atoms with van der Waals surface area (Å²) in [6.07, 6.45) is 15.4. The van der Waals surface area contributed by atoms with Crippen molar-refractivity contribution >= 4 is 0 Å². The van der Waals surface area contributed by atoms with E-state index in [2.05, 4.69) is 10.6 Å². The van der Waals surface area contributed by atoms with Crippen LogP contribution in [0.1, 0.15) is 77.0 Å². The summed E-state index contributed by atoms with van der Waals surface area (Å²) in [5, 5.41) is 18.1. The van der Waals surface area contributed by atoms with E-state index in [9.17, 15) is 5.11 Å². The first-order valence-corrected chi connectivity index (χ1v) is 9.52. The summed E-state index contributed by atoms with van der Waals surface area (Å²) in [4.78, 5) is 0. The normalized spacial score (nSPS) is 42.4. The number of aliphatic hydroxyl groups excluding tert-OH is 1. The van der Waals surface area contributed by atoms with E-state index in [4.69, 9.17) is 0 Å². The summed E-state index contributed by atoms with van der Waals surface area (Å²) in [5.74, 6) is 0.787. The number of hydrogen-bond donors (Lipinski definition) is 3. The minimum Gasteiger partial charge on any atom is -0.392 e. The quantitative estimate of drug-likeness (QED) is 0.701. The van der Waals surface area contributed by atoms with Crippen LogP contribution < -0.4 is 10.6 Å². The van der Waals surface area contributed by atoms with Gasteiger partial charge in [-0.3, -0.25) is 0 Å². The Kier molecular flexibility index (Phi) is 5.96. The first-order valence-electron chi connectivity index (χ1n) is 9.52. The van der Waals surface area contributed by atoms with Crippen LogP contribution in [0.4, 0.5) is 0 Å². The molecule has 0 spiro atoms. The van der Waals surface area contributed by atoms with E-state index in [1.54, 1.807) is 0 Å². The van der Waals surface area contributed by atoms with Gasteiger partial charge in [0.15, 0.2) is 0 Å². The Hall–Kier alpha value is -0.120. The van der Waals surface area contributed by atoms with Crippen molar-refractivity contribution in [1.82, 2.24) is 10.6 Å². The highest BCUT2D eigenvalue weighted by atomic mass is 16.3. The highest BCUT2D eigenvalue weighted by Gasteiger charge is 2.34. The average Bonchev–Trinajstić information content (AvgIpc) is 2.74. The van der Waals surface area contributed by atoms with E-state index in [0.717, 1.165) is 18.4 Å². The van der Waals surface area contributed by atoms with E-state index in [0.29, 0.717) is 12.1 Å². The molecular formula is C18H34N2O. The van der Waals surface area contributed by atoms with Crippen LogP contribution in [0.2, 0.25) is 0 Å². The van der Waals surface area contributed by atoms with Crippen LogP contribution in [0, 0.1) is 5.92 Å². The summed E-state index contributed by atoms with van der Waals surface area (Å²) in [6, 6.07) is 1.70. The first-order chi connectivity index (χ1) is 10.3. The number of piperidine rings is 1. The molecular weight excluding hydrogens is 260 g/mol. The monoisotopic (exact) mass is 294 g/mol. The fraction of sp³-hybridized carbons (Fsp3) is 1.00. The molecule has 3 nitrogen and oxygen atoms in total. The predicted molar refractivity (Wildman–Crippen MR) is 87.4 cm³/mol. The van der Waals surface area contributed by atoms with E-state index >= 15 is 0 Å². The molecule has 0 aromatic carbocycles. The lowest BCUT2D eigenvalue weighted by atomic mass is 9.77. The largest absolute Gasteiger partial charge is 0.392 e. The molecule has 122 valence electrons. The van der Waals surface area contributed by atoms with Crippen LogP contribution in [0.3, 0.4) is 0 Å².